The van der Waals surface area contributed by atoms with E-state index in [1.165, 1.54) is 95.0 Å². The smallest absolute Gasteiger partial charge is 0.0710 e. The minimum atomic E-state index is -0.471. The van der Waals surface area contributed by atoms with E-state index in [0.29, 0.717) is 0 Å². The molecule has 0 amide bonds. The maximum absolute atomic E-state index is 2.61. The van der Waals surface area contributed by atoms with Gasteiger partial charge in [-0.05, 0) is 109 Å². The summed E-state index contributed by atoms with van der Waals surface area (Å²) in [6.07, 6.45) is 4.42. The molecule has 0 unspecified atom stereocenters. The van der Waals surface area contributed by atoms with Gasteiger partial charge in [0.15, 0.2) is 0 Å². The summed E-state index contributed by atoms with van der Waals surface area (Å²) >= 11 is 0. The second-order valence-corrected chi connectivity index (χ2v) is 16.7. The van der Waals surface area contributed by atoms with Crippen molar-refractivity contribution < 1.29 is 0 Å². The Hall–Kier alpha value is -6.96. The maximum atomic E-state index is 2.61. The molecule has 3 aliphatic rings. The Morgan fingerprint density at radius 3 is 1.64 bits per heavy atom. The molecule has 1 nitrogen and oxygen atoms in total. The van der Waals surface area contributed by atoms with Gasteiger partial charge in [-0.2, -0.15) is 0 Å². The number of fused-ring (bicyclic) bond motifs is 5. The van der Waals surface area contributed by atoms with E-state index in [9.17, 15) is 0 Å². The first kappa shape index (κ1) is 35.2. The van der Waals surface area contributed by atoms with Gasteiger partial charge in [-0.25, -0.2) is 0 Å². The monoisotopic (exact) mass is 755 g/mol. The summed E-state index contributed by atoms with van der Waals surface area (Å²) in [7, 11) is 0. The number of hydrogen-bond acceptors (Lipinski definition) is 1. The summed E-state index contributed by atoms with van der Waals surface area (Å²) in [4.78, 5) is 2.61. The molecule has 8 aromatic carbocycles. The molecule has 0 saturated heterocycles. The predicted molar refractivity (Wildman–Crippen MR) is 247 cm³/mol. The summed E-state index contributed by atoms with van der Waals surface area (Å²) in [6, 6.07) is 76.6. The lowest BCUT2D eigenvalue weighted by atomic mass is 9.66. The van der Waals surface area contributed by atoms with Crippen LogP contribution in [0.2, 0.25) is 0 Å². The van der Waals surface area contributed by atoms with Gasteiger partial charge in [0.1, 0.15) is 0 Å². The summed E-state index contributed by atoms with van der Waals surface area (Å²) in [5, 5.41) is 0. The third kappa shape index (κ3) is 5.38. The second kappa shape index (κ2) is 13.9. The zero-order valence-corrected chi connectivity index (χ0v) is 33.6. The molecule has 0 N–H and O–H groups in total. The number of allylic oxidation sites excluding steroid dienone is 4. The molecule has 0 aliphatic heterocycles. The van der Waals surface area contributed by atoms with E-state index in [1.807, 2.05) is 0 Å². The molecule has 0 saturated carbocycles. The molecule has 0 atom stereocenters. The minimum absolute atomic E-state index is 0.0812. The van der Waals surface area contributed by atoms with Crippen molar-refractivity contribution in [2.75, 3.05) is 4.90 Å². The van der Waals surface area contributed by atoms with Gasteiger partial charge < -0.3 is 4.90 Å². The third-order valence-electron chi connectivity index (χ3n) is 13.3. The molecule has 3 aliphatic carbocycles. The Morgan fingerprint density at radius 2 is 0.966 bits per heavy atom. The van der Waals surface area contributed by atoms with Crippen LogP contribution >= 0.6 is 0 Å². The summed E-state index contributed by atoms with van der Waals surface area (Å²) < 4.78 is 0. The molecule has 282 valence electrons. The lowest BCUT2D eigenvalue weighted by Gasteiger charge is -2.38. The van der Waals surface area contributed by atoms with E-state index in [4.69, 9.17) is 0 Å². The molecule has 0 radical (unpaired) electrons. The first-order valence-corrected chi connectivity index (χ1v) is 21.0. The maximum Gasteiger partial charge on any atom is 0.0710 e. The van der Waals surface area contributed by atoms with Crippen LogP contribution in [0, 0.1) is 0 Å². The van der Waals surface area contributed by atoms with Gasteiger partial charge in [-0.15, -0.1) is 0 Å². The second-order valence-electron chi connectivity index (χ2n) is 16.7. The highest BCUT2D eigenvalue weighted by atomic mass is 15.2. The van der Waals surface area contributed by atoms with E-state index in [1.54, 1.807) is 0 Å². The van der Waals surface area contributed by atoms with Crippen molar-refractivity contribution in [3.05, 3.63) is 257 Å². The van der Waals surface area contributed by atoms with Crippen molar-refractivity contribution in [1.82, 2.24) is 0 Å². The summed E-state index contributed by atoms with van der Waals surface area (Å²) in [5.41, 5.74) is 21.5. The Kier molecular flexibility index (Phi) is 8.27. The van der Waals surface area contributed by atoms with Crippen molar-refractivity contribution in [3.63, 3.8) is 0 Å². The van der Waals surface area contributed by atoms with E-state index in [0.717, 1.165) is 12.8 Å². The molecular formula is C58H45N. The van der Waals surface area contributed by atoms with Gasteiger partial charge in [0.2, 0.25) is 0 Å². The van der Waals surface area contributed by atoms with Crippen LogP contribution in [-0.2, 0) is 10.8 Å². The predicted octanol–water partition coefficient (Wildman–Crippen LogP) is 14.9. The van der Waals surface area contributed by atoms with Gasteiger partial charge in [0.25, 0.3) is 0 Å². The van der Waals surface area contributed by atoms with Crippen LogP contribution in [0.4, 0.5) is 11.4 Å². The van der Waals surface area contributed by atoms with Gasteiger partial charge in [-0.3, -0.25) is 0 Å². The SMILES string of the molecule is CC1(C)c2ccccc2-c2cc(N(C3=CC4=C(CC3)c3ccccc3C4(c3ccccc3)c3ccccc3)c3cccc(-c4ccccc4)c3-c3ccccc3)ccc21. The molecule has 0 aromatic heterocycles. The molecule has 0 bridgehead atoms. The number of nitrogens with zero attached hydrogens (tertiary/aromatic N) is 1. The highest BCUT2D eigenvalue weighted by Gasteiger charge is 2.48. The largest absolute Gasteiger partial charge is 0.314 e. The quantitative estimate of drug-likeness (QED) is 0.157. The van der Waals surface area contributed by atoms with E-state index in [-0.39, 0.29) is 5.41 Å². The number of benzene rings is 8. The average Bonchev–Trinajstić information content (AvgIpc) is 3.72. The van der Waals surface area contributed by atoms with Crippen LogP contribution in [0.1, 0.15) is 60.1 Å². The minimum Gasteiger partial charge on any atom is -0.314 e. The van der Waals surface area contributed by atoms with Crippen LogP contribution in [0.3, 0.4) is 0 Å². The van der Waals surface area contributed by atoms with Crippen molar-refractivity contribution in [2.45, 2.75) is 37.5 Å². The van der Waals surface area contributed by atoms with Gasteiger partial charge in [0, 0.05) is 22.4 Å². The Balaban J connectivity index is 1.21. The van der Waals surface area contributed by atoms with Crippen molar-refractivity contribution in [1.29, 1.82) is 0 Å². The van der Waals surface area contributed by atoms with Crippen LogP contribution < -0.4 is 4.90 Å². The van der Waals surface area contributed by atoms with Crippen LogP contribution in [0.15, 0.2) is 224 Å². The molecule has 59 heavy (non-hydrogen) atoms. The summed E-state index contributed by atoms with van der Waals surface area (Å²) in [6.45, 7) is 4.74. The molecular weight excluding hydrogens is 711 g/mol. The zero-order valence-electron chi connectivity index (χ0n) is 33.6. The van der Waals surface area contributed by atoms with E-state index >= 15 is 0 Å². The molecule has 11 rings (SSSR count). The molecule has 1 heteroatoms. The van der Waals surface area contributed by atoms with E-state index in [2.05, 4.69) is 231 Å². The number of hydrogen-bond donors (Lipinski definition) is 0. The fraction of sp³-hybridized carbons (Fsp3) is 0.103. The molecule has 0 fully saturated rings. The fourth-order valence-electron chi connectivity index (χ4n) is 10.7. The Labute approximate surface area is 348 Å². The number of rotatable bonds is 7. The lowest BCUT2D eigenvalue weighted by Crippen LogP contribution is -2.30. The Bertz CT molecular complexity index is 2900. The fourth-order valence-corrected chi connectivity index (χ4v) is 10.7. The Morgan fingerprint density at radius 1 is 0.424 bits per heavy atom. The highest BCUT2D eigenvalue weighted by Crippen LogP contribution is 2.59. The lowest BCUT2D eigenvalue weighted by molar-refractivity contribution is 0.660. The molecule has 0 heterocycles. The zero-order chi connectivity index (χ0) is 39.6. The van der Waals surface area contributed by atoms with E-state index < -0.39 is 5.41 Å². The van der Waals surface area contributed by atoms with Crippen molar-refractivity contribution in [3.8, 4) is 33.4 Å². The normalized spacial score (nSPS) is 15.5. The topological polar surface area (TPSA) is 3.24 Å². The highest BCUT2D eigenvalue weighted by molar-refractivity contribution is 5.97. The van der Waals surface area contributed by atoms with Gasteiger partial charge in [-0.1, -0.05) is 202 Å². The first-order chi connectivity index (χ1) is 29.0. The van der Waals surface area contributed by atoms with Gasteiger partial charge >= 0.3 is 0 Å². The van der Waals surface area contributed by atoms with Crippen molar-refractivity contribution in [2.24, 2.45) is 0 Å². The molecule has 8 aromatic rings. The van der Waals surface area contributed by atoms with Crippen molar-refractivity contribution >= 4 is 16.9 Å². The van der Waals surface area contributed by atoms with Crippen LogP contribution in [0.5, 0.6) is 0 Å². The first-order valence-electron chi connectivity index (χ1n) is 21.0. The van der Waals surface area contributed by atoms with Crippen LogP contribution in [-0.4, -0.2) is 0 Å². The number of anilines is 2. The summed E-state index contributed by atoms with van der Waals surface area (Å²) in [5.74, 6) is 0. The average molecular weight is 756 g/mol. The molecule has 0 spiro atoms. The van der Waals surface area contributed by atoms with Gasteiger partial charge in [0.05, 0.1) is 11.1 Å². The standard InChI is InChI=1S/C58H45N/c1-57(2)51-31-17-15-29-48(51)50-38-44(35-37-52(50)57)59(55-33-19-30-46(40-20-7-3-8-21-40)56(55)41-22-9-4-10-23-41)45-34-36-49-47-28-16-18-32-53(47)58(54(49)39-45,42-24-11-5-12-25-42)43-26-13-6-14-27-43/h3-33,35,37-39H,34,36H2,1-2H3. The van der Waals surface area contributed by atoms with Crippen LogP contribution in [0.25, 0.3) is 39.0 Å². The third-order valence-corrected chi connectivity index (χ3v) is 13.3.